The molecule has 1 N–H and O–H groups in total. The van der Waals surface area contributed by atoms with Gasteiger partial charge in [0.1, 0.15) is 34.8 Å². The maximum atomic E-state index is 13.6. The van der Waals surface area contributed by atoms with Crippen LogP contribution in [0.25, 0.3) is 22.3 Å². The van der Waals surface area contributed by atoms with Gasteiger partial charge < -0.3 is 9.84 Å². The normalized spacial score (nSPS) is 9.46. The molecule has 0 spiro atoms. The Kier molecular flexibility index (Phi) is 15.6. The number of ether oxygens (including phenoxy) is 1. The van der Waals surface area contributed by atoms with Gasteiger partial charge in [0.25, 0.3) is 0 Å². The van der Waals surface area contributed by atoms with E-state index < -0.39 is 23.3 Å². The van der Waals surface area contributed by atoms with Crippen molar-refractivity contribution in [2.24, 2.45) is 0 Å². The van der Waals surface area contributed by atoms with Crippen molar-refractivity contribution in [2.45, 2.75) is 0 Å². The number of aromatic hydroxyl groups is 1. The van der Waals surface area contributed by atoms with Gasteiger partial charge in [-0.2, -0.15) is 0 Å². The number of halogens is 8. The summed E-state index contributed by atoms with van der Waals surface area (Å²) >= 11 is 14.0. The molecule has 0 atom stereocenters. The molecule has 0 aliphatic rings. The molecule has 0 aliphatic heterocycles. The van der Waals surface area contributed by atoms with E-state index in [0.29, 0.717) is 11.3 Å². The topological polar surface area (TPSA) is 29.5 Å². The number of alkyl halides is 1. The molecule has 2 nitrogen and oxygen atoms in total. The van der Waals surface area contributed by atoms with Crippen molar-refractivity contribution >= 4 is 62.1 Å². The molecule has 0 fully saturated rings. The summed E-state index contributed by atoms with van der Waals surface area (Å²) in [5.74, 6) is -2.24. The highest BCUT2D eigenvalue weighted by atomic mass is 79.9. The zero-order chi connectivity index (χ0) is 28.0. The van der Waals surface area contributed by atoms with Crippen LogP contribution in [-0.2, 0) is 0 Å². The molecule has 196 valence electrons. The third-order valence-electron chi connectivity index (χ3n) is 4.48. The number of benzene rings is 4. The van der Waals surface area contributed by atoms with Crippen molar-refractivity contribution < 1.29 is 27.4 Å². The summed E-state index contributed by atoms with van der Waals surface area (Å²) in [5.41, 5.74) is 0.323. The molecule has 0 unspecified atom stereocenters. The third-order valence-corrected chi connectivity index (χ3v) is 4.48. The molecular weight excluding hydrogens is 706 g/mol. The number of hydrogen-bond donors (Lipinski definition) is 1. The number of methoxy groups -OCH3 is 1. The van der Waals surface area contributed by atoms with Gasteiger partial charge in [-0.1, -0.05) is 48.5 Å². The Labute approximate surface area is 243 Å². The lowest BCUT2D eigenvalue weighted by atomic mass is 10.0. The Morgan fingerprint density at radius 1 is 0.622 bits per heavy atom. The fourth-order valence-electron chi connectivity index (χ4n) is 3.05. The lowest BCUT2D eigenvalue weighted by Gasteiger charge is -2.09. The van der Waals surface area contributed by atoms with Gasteiger partial charge in [0.05, 0.1) is 18.2 Å². The quantitative estimate of drug-likeness (QED) is 0.129. The first-order valence-corrected chi connectivity index (χ1v) is 13.8. The van der Waals surface area contributed by atoms with E-state index >= 15 is 0 Å². The number of hydrogen-bond acceptors (Lipinski definition) is 2. The number of rotatable bonds is 3. The maximum absolute atomic E-state index is 13.6. The van der Waals surface area contributed by atoms with Crippen LogP contribution in [0.3, 0.4) is 0 Å². The predicted molar refractivity (Wildman–Crippen MR) is 156 cm³/mol. The maximum Gasteiger partial charge on any atom is 0.369 e. The lowest BCUT2D eigenvalue weighted by Crippen LogP contribution is -1.93. The van der Waals surface area contributed by atoms with Gasteiger partial charge >= 0.3 is 3.18 Å². The highest BCUT2D eigenvalue weighted by molar-refractivity contribution is 9.69. The van der Waals surface area contributed by atoms with Gasteiger partial charge in [-0.3, -0.25) is 0 Å². The second kappa shape index (κ2) is 17.5. The van der Waals surface area contributed by atoms with Crippen molar-refractivity contribution in [1.82, 2.24) is 0 Å². The summed E-state index contributed by atoms with van der Waals surface area (Å²) in [7, 11) is 1.47. The summed E-state index contributed by atoms with van der Waals surface area (Å²) < 4.78 is 59.2. The van der Waals surface area contributed by atoms with Gasteiger partial charge in [0.15, 0.2) is 0 Å². The SMILES string of the molecule is BrB(Br)Br.CCl.COc1ccccc1-c1c(F)cccc1F.Oc1ccccc1-c1c(F)cccc1F. The molecule has 0 saturated carbocycles. The summed E-state index contributed by atoms with van der Waals surface area (Å²) in [4.78, 5) is 0. The van der Waals surface area contributed by atoms with Gasteiger partial charge in [-0.05, 0) is 36.4 Å². The molecular formula is C26H21BBr3ClF4O2. The highest BCUT2D eigenvalue weighted by Gasteiger charge is 2.15. The molecule has 4 rings (SSSR count). The first-order chi connectivity index (χ1) is 17.7. The highest BCUT2D eigenvalue weighted by Crippen LogP contribution is 2.34. The fraction of sp³-hybridized carbons (Fsp3) is 0.0769. The lowest BCUT2D eigenvalue weighted by molar-refractivity contribution is 0.415. The minimum absolute atomic E-state index is 0.0556. The molecule has 0 amide bonds. The Morgan fingerprint density at radius 3 is 1.38 bits per heavy atom. The average Bonchev–Trinajstić information content (AvgIpc) is 2.86. The van der Waals surface area contributed by atoms with Crippen LogP contribution in [0.1, 0.15) is 0 Å². The van der Waals surface area contributed by atoms with Crippen LogP contribution in [-0.4, -0.2) is 21.8 Å². The van der Waals surface area contributed by atoms with Gasteiger partial charge in [-0.15, -0.1) is 58.9 Å². The van der Waals surface area contributed by atoms with E-state index in [1.807, 2.05) is 0 Å². The second-order valence-electron chi connectivity index (χ2n) is 6.66. The Balaban J connectivity index is 0.000000306. The number of phenolic OH excluding ortho intramolecular Hbond substituents is 1. The molecule has 11 heteroatoms. The van der Waals surface area contributed by atoms with Crippen LogP contribution >= 0.6 is 58.9 Å². The Hall–Kier alpha value is -2.01. The first kappa shape index (κ1) is 33.0. The fourth-order valence-corrected chi connectivity index (χ4v) is 3.05. The van der Waals surface area contributed by atoms with Crippen molar-refractivity contribution in [3.05, 3.63) is 108 Å². The van der Waals surface area contributed by atoms with Crippen LogP contribution in [0, 0.1) is 23.3 Å². The standard InChI is InChI=1S/C13H10F2O.C12H8F2O.CH3Cl.BBr3/c1-16-12-8-3-2-5-9(12)13-10(14)6-4-7-11(13)15;13-9-5-3-6-10(14)12(9)8-4-1-2-7-11(8)15;1-2;2-1(3)4/h2-8H,1H3;1-7,15H;1H3;. The largest absolute Gasteiger partial charge is 0.507 e. The van der Waals surface area contributed by atoms with E-state index in [4.69, 9.17) is 4.74 Å². The molecule has 37 heavy (non-hydrogen) atoms. The van der Waals surface area contributed by atoms with Crippen LogP contribution in [0.2, 0.25) is 0 Å². The summed E-state index contributed by atoms with van der Waals surface area (Å²) in [6, 6.07) is 20.2. The predicted octanol–water partition coefficient (Wildman–Crippen LogP) is 9.99. The summed E-state index contributed by atoms with van der Waals surface area (Å²) in [6.45, 7) is 0. The Morgan fingerprint density at radius 2 is 0.973 bits per heavy atom. The van der Waals surface area contributed by atoms with Crippen molar-refractivity contribution in [3.63, 3.8) is 0 Å². The summed E-state index contributed by atoms with van der Waals surface area (Å²) in [5, 5.41) is 9.48. The zero-order valence-electron chi connectivity index (χ0n) is 19.5. The Bertz CT molecular complexity index is 1220. The van der Waals surface area contributed by atoms with Gasteiger partial charge in [0, 0.05) is 17.5 Å². The third kappa shape index (κ3) is 10.3. The van der Waals surface area contributed by atoms with Crippen LogP contribution in [0.4, 0.5) is 17.6 Å². The van der Waals surface area contributed by atoms with Crippen molar-refractivity contribution in [2.75, 3.05) is 13.5 Å². The monoisotopic (exact) mass is 724 g/mol. The smallest absolute Gasteiger partial charge is 0.369 e. The van der Waals surface area contributed by atoms with Crippen molar-refractivity contribution in [1.29, 1.82) is 0 Å². The average molecular weight is 727 g/mol. The number of para-hydroxylation sites is 2. The molecule has 0 saturated heterocycles. The van der Waals surface area contributed by atoms with Gasteiger partial charge in [-0.25, -0.2) is 17.6 Å². The minimum Gasteiger partial charge on any atom is -0.507 e. The van der Waals surface area contributed by atoms with Crippen LogP contribution in [0.15, 0.2) is 84.9 Å². The molecule has 0 bridgehead atoms. The van der Waals surface area contributed by atoms with Crippen LogP contribution < -0.4 is 4.74 Å². The van der Waals surface area contributed by atoms with E-state index in [2.05, 4.69) is 58.9 Å². The van der Waals surface area contributed by atoms with E-state index in [-0.39, 0.29) is 25.6 Å². The minimum atomic E-state index is -0.684. The first-order valence-electron chi connectivity index (χ1n) is 10.3. The molecule has 0 aromatic heterocycles. The van der Waals surface area contributed by atoms with E-state index in [9.17, 15) is 22.7 Å². The summed E-state index contributed by atoms with van der Waals surface area (Å²) in [6.07, 6.45) is 1.47. The number of phenols is 1. The molecule has 0 radical (unpaired) electrons. The zero-order valence-corrected chi connectivity index (χ0v) is 25.1. The molecule has 4 aromatic rings. The van der Waals surface area contributed by atoms with E-state index in [0.717, 1.165) is 12.1 Å². The van der Waals surface area contributed by atoms with E-state index in [1.165, 1.54) is 49.9 Å². The molecule has 0 aliphatic carbocycles. The van der Waals surface area contributed by atoms with Gasteiger partial charge in [0.2, 0.25) is 0 Å². The molecule has 0 heterocycles. The van der Waals surface area contributed by atoms with Crippen molar-refractivity contribution in [3.8, 4) is 33.8 Å². The second-order valence-corrected chi connectivity index (χ2v) is 13.1. The molecule has 4 aromatic carbocycles. The van der Waals surface area contributed by atoms with E-state index in [1.54, 1.807) is 36.4 Å². The van der Waals surface area contributed by atoms with Crippen LogP contribution in [0.5, 0.6) is 11.5 Å².